The number of aliphatic hydroxyl groups is 1. The number of halogens is 1. The molecule has 1 aromatic carbocycles. The van der Waals surface area contributed by atoms with Crippen LogP contribution in [-0.2, 0) is 4.79 Å². The molecule has 0 heterocycles. The smallest absolute Gasteiger partial charge is 0.337 e. The Hall–Kier alpha value is -2.19. The van der Waals surface area contributed by atoms with Gasteiger partial charge >= 0.3 is 5.97 Å². The van der Waals surface area contributed by atoms with Crippen LogP contribution in [0, 0.1) is 10.1 Å². The van der Waals surface area contributed by atoms with Crippen molar-refractivity contribution in [2.45, 2.75) is 12.5 Å². The molecule has 108 valence electrons. The summed E-state index contributed by atoms with van der Waals surface area (Å²) in [5, 5.41) is 30.8. The van der Waals surface area contributed by atoms with Crippen LogP contribution in [0.4, 0.5) is 5.69 Å². The number of nitro groups is 1. The molecule has 3 N–H and O–H groups in total. The van der Waals surface area contributed by atoms with E-state index in [4.69, 9.17) is 16.7 Å². The number of hydrogen-bond acceptors (Lipinski definition) is 5. The summed E-state index contributed by atoms with van der Waals surface area (Å²) < 4.78 is 0. The molecule has 1 amide bonds. The second kappa shape index (κ2) is 5.85. The molecule has 0 aliphatic carbocycles. The molecule has 1 atom stereocenters. The molecule has 0 bridgehead atoms. The van der Waals surface area contributed by atoms with Crippen LogP contribution in [0.15, 0.2) is 18.2 Å². The molecule has 1 aromatic rings. The third-order valence-corrected chi connectivity index (χ3v) is 2.78. The number of nitro benzene ring substituents is 1. The molecule has 0 fully saturated rings. The lowest BCUT2D eigenvalue weighted by atomic mass is 10.1. The molecule has 0 saturated heterocycles. The summed E-state index contributed by atoms with van der Waals surface area (Å²) in [6.07, 6.45) is 0. The fourth-order valence-corrected chi connectivity index (χ4v) is 1.41. The van der Waals surface area contributed by atoms with Gasteiger partial charge in [0.2, 0.25) is 0 Å². The predicted molar refractivity (Wildman–Crippen MR) is 68.7 cm³/mol. The number of benzene rings is 1. The molecule has 0 aliphatic rings. The molecule has 0 radical (unpaired) electrons. The third-order valence-electron chi connectivity index (χ3n) is 2.46. The Labute approximate surface area is 118 Å². The Morgan fingerprint density at radius 3 is 2.60 bits per heavy atom. The minimum Gasteiger partial charge on any atom is -0.479 e. The predicted octanol–water partition coefficient (Wildman–Crippen LogP) is 0.814. The summed E-state index contributed by atoms with van der Waals surface area (Å²) in [4.78, 5) is 32.3. The van der Waals surface area contributed by atoms with Crippen molar-refractivity contribution in [2.24, 2.45) is 0 Å². The molecule has 8 nitrogen and oxygen atoms in total. The number of amides is 1. The van der Waals surface area contributed by atoms with Crippen molar-refractivity contribution in [1.82, 2.24) is 5.32 Å². The maximum Gasteiger partial charge on any atom is 0.337 e. The molecule has 0 aliphatic heterocycles. The first-order valence-electron chi connectivity index (χ1n) is 5.33. The highest BCUT2D eigenvalue weighted by Crippen LogP contribution is 2.25. The van der Waals surface area contributed by atoms with E-state index in [1.807, 2.05) is 0 Å². The van der Waals surface area contributed by atoms with E-state index in [0.29, 0.717) is 0 Å². The lowest BCUT2D eigenvalue weighted by molar-refractivity contribution is -0.384. The minimum absolute atomic E-state index is 0.0673. The second-order valence-electron chi connectivity index (χ2n) is 4.18. The van der Waals surface area contributed by atoms with Crippen molar-refractivity contribution < 1.29 is 24.7 Å². The first kappa shape index (κ1) is 15.9. The van der Waals surface area contributed by atoms with Gasteiger partial charge in [-0.2, -0.15) is 0 Å². The first-order valence-corrected chi connectivity index (χ1v) is 5.71. The average molecular weight is 303 g/mol. The summed E-state index contributed by atoms with van der Waals surface area (Å²) in [5.74, 6) is -2.26. The quantitative estimate of drug-likeness (QED) is 0.545. The lowest BCUT2D eigenvalue weighted by Gasteiger charge is -2.18. The van der Waals surface area contributed by atoms with Crippen LogP contribution in [0.25, 0.3) is 0 Å². The zero-order chi connectivity index (χ0) is 15.5. The van der Waals surface area contributed by atoms with Gasteiger partial charge in [-0.1, -0.05) is 11.6 Å². The zero-order valence-electron chi connectivity index (χ0n) is 10.3. The average Bonchev–Trinajstić information content (AvgIpc) is 2.36. The second-order valence-corrected chi connectivity index (χ2v) is 4.59. The Morgan fingerprint density at radius 1 is 1.50 bits per heavy atom. The number of carboxylic acid groups (broad SMARTS) is 1. The van der Waals surface area contributed by atoms with Gasteiger partial charge in [0, 0.05) is 11.6 Å². The Morgan fingerprint density at radius 2 is 2.10 bits per heavy atom. The van der Waals surface area contributed by atoms with E-state index in [9.17, 15) is 24.8 Å². The fraction of sp³-hybridized carbons (Fsp3) is 0.273. The van der Waals surface area contributed by atoms with Crippen LogP contribution in [0.3, 0.4) is 0 Å². The summed E-state index contributed by atoms with van der Waals surface area (Å²) in [6.45, 7) is 0.470. The van der Waals surface area contributed by atoms with Crippen molar-refractivity contribution >= 4 is 29.2 Å². The van der Waals surface area contributed by atoms with E-state index >= 15 is 0 Å². The van der Waals surface area contributed by atoms with Crippen LogP contribution < -0.4 is 5.32 Å². The van der Waals surface area contributed by atoms with Crippen molar-refractivity contribution in [1.29, 1.82) is 0 Å². The highest BCUT2D eigenvalue weighted by Gasteiger charge is 2.30. The molecule has 9 heteroatoms. The summed E-state index contributed by atoms with van der Waals surface area (Å²) >= 11 is 5.60. The van der Waals surface area contributed by atoms with Gasteiger partial charge in [-0.3, -0.25) is 14.9 Å². The number of carbonyl (C=O) groups is 2. The monoisotopic (exact) mass is 302 g/mol. The van der Waals surface area contributed by atoms with E-state index < -0.39 is 34.6 Å². The number of carbonyl (C=O) groups excluding carboxylic acids is 1. The van der Waals surface area contributed by atoms with Crippen LogP contribution >= 0.6 is 11.6 Å². The first-order chi connectivity index (χ1) is 9.15. The van der Waals surface area contributed by atoms with Gasteiger partial charge in [0.1, 0.15) is 5.02 Å². The van der Waals surface area contributed by atoms with Crippen molar-refractivity contribution in [2.75, 3.05) is 6.54 Å². The van der Waals surface area contributed by atoms with Gasteiger partial charge in [0.05, 0.1) is 11.5 Å². The number of nitrogens with zero attached hydrogens (tertiary/aromatic N) is 1. The molecule has 0 saturated carbocycles. The molecule has 20 heavy (non-hydrogen) atoms. The fourth-order valence-electron chi connectivity index (χ4n) is 1.22. The van der Waals surface area contributed by atoms with E-state index in [1.165, 1.54) is 12.1 Å². The molecule has 0 spiro atoms. The van der Waals surface area contributed by atoms with Crippen LogP contribution in [-0.4, -0.2) is 39.2 Å². The number of carboxylic acids is 1. The molecule has 1 rings (SSSR count). The summed E-state index contributed by atoms with van der Waals surface area (Å²) in [6, 6.07) is 3.40. The van der Waals surface area contributed by atoms with E-state index in [0.717, 1.165) is 13.0 Å². The maximum atomic E-state index is 11.7. The molecular weight excluding hydrogens is 292 g/mol. The number of hydrogen-bond donors (Lipinski definition) is 3. The number of aliphatic carboxylic acids is 1. The highest BCUT2D eigenvalue weighted by atomic mass is 35.5. The van der Waals surface area contributed by atoms with Crippen molar-refractivity contribution in [3.8, 4) is 0 Å². The van der Waals surface area contributed by atoms with Gasteiger partial charge in [0.25, 0.3) is 11.6 Å². The van der Waals surface area contributed by atoms with Crippen LogP contribution in [0.5, 0.6) is 0 Å². The summed E-state index contributed by atoms with van der Waals surface area (Å²) in [7, 11) is 0. The lowest BCUT2D eigenvalue weighted by Crippen LogP contribution is -2.46. The Balaban J connectivity index is 2.86. The van der Waals surface area contributed by atoms with Gasteiger partial charge in [-0.05, 0) is 19.1 Å². The van der Waals surface area contributed by atoms with E-state index in [-0.39, 0.29) is 10.6 Å². The van der Waals surface area contributed by atoms with Gasteiger partial charge < -0.3 is 15.5 Å². The molecule has 1 unspecified atom stereocenters. The largest absolute Gasteiger partial charge is 0.479 e. The van der Waals surface area contributed by atoms with Gasteiger partial charge in [0.15, 0.2) is 5.60 Å². The number of nitrogens with one attached hydrogen (secondary N) is 1. The normalized spacial score (nSPS) is 13.3. The van der Waals surface area contributed by atoms with Crippen molar-refractivity contribution in [3.63, 3.8) is 0 Å². The Bertz CT molecular complexity index is 572. The van der Waals surface area contributed by atoms with Crippen molar-refractivity contribution in [3.05, 3.63) is 38.9 Å². The van der Waals surface area contributed by atoms with E-state index in [2.05, 4.69) is 5.32 Å². The Kier molecular flexibility index (Phi) is 4.64. The maximum absolute atomic E-state index is 11.7. The molecular formula is C11H11ClN2O6. The van der Waals surface area contributed by atoms with Crippen LogP contribution in [0.1, 0.15) is 17.3 Å². The SMILES string of the molecule is CC(O)(CNC(=O)c1ccc(Cl)c([N+](=O)[O-])c1)C(=O)O. The van der Waals surface area contributed by atoms with E-state index in [1.54, 1.807) is 0 Å². The van der Waals surface area contributed by atoms with Gasteiger partial charge in [-0.15, -0.1) is 0 Å². The topological polar surface area (TPSA) is 130 Å². The zero-order valence-corrected chi connectivity index (χ0v) is 11.0. The third kappa shape index (κ3) is 3.65. The minimum atomic E-state index is -2.13. The van der Waals surface area contributed by atoms with Crippen LogP contribution in [0.2, 0.25) is 5.02 Å². The standard InChI is InChI=1S/C11H11ClN2O6/c1-11(18,10(16)17)5-13-9(15)6-2-3-7(12)8(4-6)14(19)20/h2-4,18H,5H2,1H3,(H,13,15)(H,16,17). The highest BCUT2D eigenvalue weighted by molar-refractivity contribution is 6.32. The summed E-state index contributed by atoms with van der Waals surface area (Å²) in [5.41, 5.74) is -2.64. The van der Waals surface area contributed by atoms with Gasteiger partial charge in [-0.25, -0.2) is 4.79 Å². The molecule has 0 aromatic heterocycles. The number of rotatable bonds is 5.